The van der Waals surface area contributed by atoms with E-state index in [9.17, 15) is 14.0 Å². The van der Waals surface area contributed by atoms with Gasteiger partial charge in [-0.2, -0.15) is 0 Å². The Morgan fingerprint density at radius 2 is 2.00 bits per heavy atom. The monoisotopic (exact) mass is 482 g/mol. The maximum atomic E-state index is 13.8. The molecule has 2 aromatic carbocycles. The van der Waals surface area contributed by atoms with Gasteiger partial charge in [-0.1, -0.05) is 18.7 Å². The first-order chi connectivity index (χ1) is 17.5. The minimum Gasteiger partial charge on any atom is -0.398 e. The number of carbonyl (C=O) groups is 2. The summed E-state index contributed by atoms with van der Waals surface area (Å²) in [5.41, 5.74) is 10.8. The average Bonchev–Trinajstić information content (AvgIpc) is 3.40. The lowest BCUT2D eigenvalue weighted by Gasteiger charge is -2.18. The normalized spacial score (nSPS) is 15.1. The van der Waals surface area contributed by atoms with Crippen LogP contribution < -0.4 is 11.1 Å². The van der Waals surface area contributed by atoms with Gasteiger partial charge in [0.2, 0.25) is 5.91 Å². The Kier molecular flexibility index (Phi) is 6.12. The quantitative estimate of drug-likeness (QED) is 0.326. The van der Waals surface area contributed by atoms with Crippen molar-refractivity contribution in [2.75, 3.05) is 24.1 Å². The highest BCUT2D eigenvalue weighted by Gasteiger charge is 2.29. The number of hydrogen-bond donors (Lipinski definition) is 2. The summed E-state index contributed by atoms with van der Waals surface area (Å²) in [4.78, 5) is 39.0. The molecule has 4 aromatic rings. The predicted octanol–water partition coefficient (Wildman–Crippen LogP) is 4.17. The van der Waals surface area contributed by atoms with Crippen molar-refractivity contribution in [3.8, 4) is 11.1 Å². The van der Waals surface area contributed by atoms with Gasteiger partial charge in [0.25, 0.3) is 5.91 Å². The van der Waals surface area contributed by atoms with Gasteiger partial charge >= 0.3 is 0 Å². The highest BCUT2D eigenvalue weighted by Crippen LogP contribution is 2.39. The molecule has 0 bridgehead atoms. The number of amides is 2. The fourth-order valence-corrected chi connectivity index (χ4v) is 4.56. The smallest absolute Gasteiger partial charge is 0.256 e. The molecule has 1 aliphatic heterocycles. The zero-order valence-electron chi connectivity index (χ0n) is 19.3. The molecule has 0 saturated carbocycles. The Hall–Kier alpha value is -4.66. The predicted molar refractivity (Wildman–Crippen MR) is 136 cm³/mol. The Labute approximate surface area is 206 Å². The molecular weight excluding hydrogens is 459 g/mol. The van der Waals surface area contributed by atoms with Gasteiger partial charge in [-0.25, -0.2) is 19.3 Å². The van der Waals surface area contributed by atoms with E-state index < -0.39 is 11.7 Å². The van der Waals surface area contributed by atoms with Crippen LogP contribution >= 0.6 is 0 Å². The van der Waals surface area contributed by atoms with Crippen LogP contribution in [0.4, 0.5) is 15.9 Å². The molecule has 0 radical (unpaired) electrons. The number of nitrogen functional groups attached to an aromatic ring is 1. The van der Waals surface area contributed by atoms with Crippen molar-refractivity contribution in [1.29, 1.82) is 0 Å². The van der Waals surface area contributed by atoms with Crippen LogP contribution in [-0.2, 0) is 4.79 Å². The first-order valence-electron chi connectivity index (χ1n) is 11.4. The first kappa shape index (κ1) is 23.1. The van der Waals surface area contributed by atoms with E-state index in [1.165, 1.54) is 30.7 Å². The molecule has 0 spiro atoms. The number of nitrogens with one attached hydrogen (secondary N) is 1. The van der Waals surface area contributed by atoms with Crippen molar-refractivity contribution in [1.82, 2.24) is 19.9 Å². The third kappa shape index (κ3) is 4.26. The maximum absolute atomic E-state index is 13.8. The number of nitrogens with two attached hydrogens (primary N) is 1. The molecule has 36 heavy (non-hydrogen) atoms. The van der Waals surface area contributed by atoms with Gasteiger partial charge in [-0.15, -0.1) is 0 Å². The van der Waals surface area contributed by atoms with Crippen molar-refractivity contribution < 1.29 is 14.0 Å². The summed E-state index contributed by atoms with van der Waals surface area (Å²) in [5, 5.41) is 3.21. The standard InChI is InChI=1S/C27H23FN6O2/c1-2-23(35)34-11-9-18(14-34)20-12-19(24(29)21-13-30-15-32-25(20)21)16-5-7-17(8-6-16)27(36)33-26-22(28)4-3-10-31-26/h2-8,10,12-13,15,18H,1,9,11,14,29H2,(H,31,33,36). The summed E-state index contributed by atoms with van der Waals surface area (Å²) in [5.74, 6) is -1.22. The molecule has 3 N–H and O–H groups in total. The summed E-state index contributed by atoms with van der Waals surface area (Å²) >= 11 is 0. The number of anilines is 2. The minimum absolute atomic E-state index is 0.0870. The van der Waals surface area contributed by atoms with E-state index in [-0.39, 0.29) is 17.6 Å². The van der Waals surface area contributed by atoms with Gasteiger partial charge in [0, 0.05) is 47.9 Å². The van der Waals surface area contributed by atoms with Crippen LogP contribution in [0.25, 0.3) is 22.0 Å². The number of nitrogens with zero attached hydrogens (tertiary/aromatic N) is 4. The third-order valence-corrected chi connectivity index (χ3v) is 6.43. The average molecular weight is 483 g/mol. The van der Waals surface area contributed by atoms with Gasteiger partial charge in [-0.05, 0) is 54.0 Å². The molecule has 1 unspecified atom stereocenters. The Morgan fingerprint density at radius 3 is 2.75 bits per heavy atom. The molecule has 3 heterocycles. The number of rotatable bonds is 5. The SMILES string of the molecule is C=CC(=O)N1CCC(c2cc(-c3ccc(C(=O)Nc4ncccc4F)cc3)c(N)c3cncnc23)C1. The fourth-order valence-electron chi connectivity index (χ4n) is 4.56. The zero-order valence-corrected chi connectivity index (χ0v) is 19.3. The number of benzene rings is 2. The van der Waals surface area contributed by atoms with Gasteiger partial charge < -0.3 is 16.0 Å². The first-order valence-corrected chi connectivity index (χ1v) is 11.4. The number of aromatic nitrogens is 3. The van der Waals surface area contributed by atoms with E-state index in [1.807, 2.05) is 6.07 Å². The Balaban J connectivity index is 1.48. The molecular formula is C27H23FN6O2. The maximum Gasteiger partial charge on any atom is 0.256 e. The lowest BCUT2D eigenvalue weighted by Crippen LogP contribution is -2.26. The molecule has 1 aliphatic rings. The Morgan fingerprint density at radius 1 is 1.19 bits per heavy atom. The summed E-state index contributed by atoms with van der Waals surface area (Å²) in [6.45, 7) is 4.79. The third-order valence-electron chi connectivity index (χ3n) is 6.43. The molecule has 180 valence electrons. The van der Waals surface area contributed by atoms with Crippen LogP contribution in [0.3, 0.4) is 0 Å². The summed E-state index contributed by atoms with van der Waals surface area (Å²) < 4.78 is 13.8. The molecule has 5 rings (SSSR count). The number of hydrogen-bond acceptors (Lipinski definition) is 6. The molecule has 1 atom stereocenters. The van der Waals surface area contributed by atoms with Crippen LogP contribution in [-0.4, -0.2) is 44.8 Å². The molecule has 0 aliphatic carbocycles. The van der Waals surface area contributed by atoms with E-state index in [0.29, 0.717) is 24.3 Å². The summed E-state index contributed by atoms with van der Waals surface area (Å²) in [6, 6.07) is 11.6. The van der Waals surface area contributed by atoms with E-state index in [4.69, 9.17) is 5.73 Å². The molecule has 2 aromatic heterocycles. The van der Waals surface area contributed by atoms with Crippen LogP contribution in [0.2, 0.25) is 0 Å². The number of fused-ring (bicyclic) bond motifs is 1. The van der Waals surface area contributed by atoms with Gasteiger partial charge in [-0.3, -0.25) is 9.59 Å². The lowest BCUT2D eigenvalue weighted by atomic mass is 9.90. The number of likely N-dealkylation sites (tertiary alicyclic amines) is 1. The fraction of sp³-hybridized carbons (Fsp3) is 0.148. The summed E-state index contributed by atoms with van der Waals surface area (Å²) in [6.07, 6.45) is 6.71. The second-order valence-corrected chi connectivity index (χ2v) is 8.55. The highest BCUT2D eigenvalue weighted by atomic mass is 19.1. The zero-order chi connectivity index (χ0) is 25.2. The van der Waals surface area contributed by atoms with Gasteiger partial charge in [0.05, 0.1) is 11.2 Å². The largest absolute Gasteiger partial charge is 0.398 e. The summed E-state index contributed by atoms with van der Waals surface area (Å²) in [7, 11) is 0. The Bertz CT molecular complexity index is 1490. The molecule has 1 saturated heterocycles. The van der Waals surface area contributed by atoms with Crippen molar-refractivity contribution in [3.63, 3.8) is 0 Å². The molecule has 2 amide bonds. The van der Waals surface area contributed by atoms with Crippen molar-refractivity contribution in [2.24, 2.45) is 0 Å². The van der Waals surface area contributed by atoms with E-state index in [1.54, 1.807) is 35.4 Å². The van der Waals surface area contributed by atoms with Gasteiger partial charge in [0.15, 0.2) is 11.6 Å². The molecule has 1 fully saturated rings. The minimum atomic E-state index is -0.610. The van der Waals surface area contributed by atoms with Crippen molar-refractivity contribution in [3.05, 3.63) is 90.8 Å². The topological polar surface area (TPSA) is 114 Å². The lowest BCUT2D eigenvalue weighted by molar-refractivity contribution is -0.125. The van der Waals surface area contributed by atoms with Crippen LogP contribution in [0.1, 0.15) is 28.3 Å². The second kappa shape index (κ2) is 9.53. The van der Waals surface area contributed by atoms with Crippen molar-refractivity contribution >= 4 is 34.2 Å². The van der Waals surface area contributed by atoms with Gasteiger partial charge in [0.1, 0.15) is 6.33 Å². The van der Waals surface area contributed by atoms with Crippen LogP contribution in [0.15, 0.2) is 73.8 Å². The molecule has 8 nitrogen and oxygen atoms in total. The highest BCUT2D eigenvalue weighted by molar-refractivity contribution is 6.05. The molecule has 9 heteroatoms. The van der Waals surface area contributed by atoms with E-state index in [0.717, 1.165) is 34.0 Å². The second-order valence-electron chi connectivity index (χ2n) is 8.55. The van der Waals surface area contributed by atoms with Crippen molar-refractivity contribution in [2.45, 2.75) is 12.3 Å². The number of carbonyl (C=O) groups excluding carboxylic acids is 2. The number of halogens is 1. The van der Waals surface area contributed by atoms with E-state index in [2.05, 4.69) is 26.8 Å². The van der Waals surface area contributed by atoms with Crippen LogP contribution in [0.5, 0.6) is 0 Å². The van der Waals surface area contributed by atoms with E-state index >= 15 is 0 Å². The number of pyridine rings is 1. The van der Waals surface area contributed by atoms with Crippen LogP contribution in [0, 0.1) is 5.82 Å².